The molecule has 1 aliphatic carbocycles. The number of hydroxylamine groups is 1. The number of nitrogens with zero attached hydrogens (tertiary/aromatic N) is 1. The minimum absolute atomic E-state index is 0.0261. The van der Waals surface area contributed by atoms with Crippen molar-refractivity contribution in [3.8, 4) is 0 Å². The molecule has 4 fully saturated rings. The fourth-order valence-electron chi connectivity index (χ4n) is 5.66. The van der Waals surface area contributed by atoms with E-state index in [1.54, 1.807) is 7.11 Å². The SMILES string of the molecule is CC=C1CN[C@H]2C[C@@]3(C(=O)N(OC)c4ccccc43)[C@H]3C[C@@H]1[C@@H]2CO3. The summed E-state index contributed by atoms with van der Waals surface area (Å²) in [5.74, 6) is 0.997. The first-order valence-corrected chi connectivity index (χ1v) is 9.19. The van der Waals surface area contributed by atoms with Crippen molar-refractivity contribution in [3.05, 3.63) is 41.5 Å². The zero-order valence-corrected chi connectivity index (χ0v) is 14.7. The topological polar surface area (TPSA) is 50.8 Å². The van der Waals surface area contributed by atoms with Gasteiger partial charge in [0.1, 0.15) is 5.41 Å². The molecule has 4 aliphatic heterocycles. The van der Waals surface area contributed by atoms with Gasteiger partial charge in [-0.1, -0.05) is 29.8 Å². The molecule has 1 N–H and O–H groups in total. The van der Waals surface area contributed by atoms with Crippen LogP contribution < -0.4 is 10.4 Å². The molecule has 1 amide bonds. The van der Waals surface area contributed by atoms with Crippen LogP contribution in [0.3, 0.4) is 0 Å². The van der Waals surface area contributed by atoms with E-state index in [-0.39, 0.29) is 12.0 Å². The quantitative estimate of drug-likeness (QED) is 0.796. The first kappa shape index (κ1) is 15.6. The molecule has 5 aliphatic rings. The lowest BCUT2D eigenvalue weighted by molar-refractivity contribution is -0.137. The third-order valence-corrected chi connectivity index (χ3v) is 6.85. The summed E-state index contributed by atoms with van der Waals surface area (Å²) in [6.07, 6.45) is 3.85. The smallest absolute Gasteiger partial charge is 0.264 e. The van der Waals surface area contributed by atoms with Gasteiger partial charge in [-0.25, -0.2) is 0 Å². The molecule has 3 saturated heterocycles. The standard InChI is InChI=1S/C20H24N2O3/c1-3-12-10-21-16-9-20(18-8-13(12)14(16)11-25-18)15-6-4-5-7-17(15)22(24-2)19(20)23/h3-7,13-14,16,18,21H,8-11H2,1-2H3/t13-,14-,16-,18+,20-/m0/s1. The summed E-state index contributed by atoms with van der Waals surface area (Å²) in [4.78, 5) is 19.0. The summed E-state index contributed by atoms with van der Waals surface area (Å²) >= 11 is 0. The molecule has 5 atom stereocenters. The average Bonchev–Trinajstić information content (AvgIpc) is 2.74. The van der Waals surface area contributed by atoms with Gasteiger partial charge in [0.2, 0.25) is 0 Å². The molecule has 4 heterocycles. The van der Waals surface area contributed by atoms with Crippen molar-refractivity contribution < 1.29 is 14.4 Å². The van der Waals surface area contributed by atoms with Gasteiger partial charge in [-0.3, -0.25) is 9.63 Å². The Labute approximate surface area is 147 Å². The highest BCUT2D eigenvalue weighted by molar-refractivity contribution is 6.07. The molecule has 1 spiro atoms. The van der Waals surface area contributed by atoms with Crippen LogP contribution in [-0.4, -0.2) is 38.3 Å². The lowest BCUT2D eigenvalue weighted by Crippen LogP contribution is -2.50. The van der Waals surface area contributed by atoms with Crippen LogP contribution in [0.2, 0.25) is 0 Å². The Kier molecular flexibility index (Phi) is 3.36. The van der Waals surface area contributed by atoms with Crippen molar-refractivity contribution in [2.24, 2.45) is 11.8 Å². The van der Waals surface area contributed by atoms with Gasteiger partial charge in [0.05, 0.1) is 25.5 Å². The largest absolute Gasteiger partial charge is 0.376 e. The summed E-state index contributed by atoms with van der Waals surface area (Å²) in [6.45, 7) is 3.78. The summed E-state index contributed by atoms with van der Waals surface area (Å²) in [5, 5.41) is 5.16. The number of hydrogen-bond acceptors (Lipinski definition) is 4. The summed E-state index contributed by atoms with van der Waals surface area (Å²) in [6, 6.07) is 8.33. The van der Waals surface area contributed by atoms with Crippen molar-refractivity contribution in [2.75, 3.05) is 25.3 Å². The van der Waals surface area contributed by atoms with Crippen LogP contribution >= 0.6 is 0 Å². The number of fused-ring (bicyclic) bond motifs is 2. The maximum atomic E-state index is 13.5. The highest BCUT2D eigenvalue weighted by atomic mass is 16.7. The molecular weight excluding hydrogens is 316 g/mol. The number of amides is 1. The lowest BCUT2D eigenvalue weighted by Gasteiger charge is -2.42. The average molecular weight is 340 g/mol. The number of carbonyl (C=O) groups excluding carboxylic acids is 1. The second kappa shape index (κ2) is 5.40. The van der Waals surface area contributed by atoms with Gasteiger partial charge in [-0.05, 0) is 37.3 Å². The van der Waals surface area contributed by atoms with Crippen molar-refractivity contribution in [1.82, 2.24) is 5.32 Å². The molecule has 0 radical (unpaired) electrons. The number of para-hydroxylation sites is 1. The Morgan fingerprint density at radius 3 is 3.04 bits per heavy atom. The monoisotopic (exact) mass is 340 g/mol. The van der Waals surface area contributed by atoms with E-state index in [9.17, 15) is 4.79 Å². The van der Waals surface area contributed by atoms with E-state index in [4.69, 9.17) is 9.57 Å². The Morgan fingerprint density at radius 1 is 1.40 bits per heavy atom. The van der Waals surface area contributed by atoms with E-state index in [2.05, 4.69) is 24.4 Å². The number of anilines is 1. The zero-order valence-electron chi connectivity index (χ0n) is 14.7. The van der Waals surface area contributed by atoms with Gasteiger partial charge in [0.15, 0.2) is 0 Å². The first-order valence-electron chi connectivity index (χ1n) is 9.19. The minimum atomic E-state index is -0.642. The molecule has 25 heavy (non-hydrogen) atoms. The predicted octanol–water partition coefficient (Wildman–Crippen LogP) is 2.18. The van der Waals surface area contributed by atoms with Crippen molar-refractivity contribution in [3.63, 3.8) is 0 Å². The number of ether oxygens (including phenoxy) is 1. The molecule has 132 valence electrons. The molecule has 4 bridgehead atoms. The number of nitrogens with one attached hydrogen (secondary N) is 1. The highest BCUT2D eigenvalue weighted by Crippen LogP contribution is 2.55. The Hall–Kier alpha value is -1.69. The van der Waals surface area contributed by atoms with Crippen LogP contribution in [0.1, 0.15) is 25.3 Å². The molecule has 1 aromatic carbocycles. The molecular formula is C20H24N2O3. The van der Waals surface area contributed by atoms with Gasteiger partial charge in [0, 0.05) is 18.5 Å². The Balaban J connectivity index is 1.68. The number of piperidine rings is 1. The zero-order chi connectivity index (χ0) is 17.2. The second-order valence-corrected chi connectivity index (χ2v) is 7.65. The van der Waals surface area contributed by atoms with E-state index < -0.39 is 5.41 Å². The maximum Gasteiger partial charge on any atom is 0.264 e. The molecule has 5 heteroatoms. The van der Waals surface area contributed by atoms with Crippen molar-refractivity contribution in [1.29, 1.82) is 0 Å². The van der Waals surface area contributed by atoms with Gasteiger partial charge in [0.25, 0.3) is 5.91 Å². The van der Waals surface area contributed by atoms with E-state index in [0.29, 0.717) is 17.9 Å². The third kappa shape index (κ3) is 1.86. The second-order valence-electron chi connectivity index (χ2n) is 7.65. The van der Waals surface area contributed by atoms with Gasteiger partial charge in [-0.2, -0.15) is 5.06 Å². The lowest BCUT2D eigenvalue weighted by atomic mass is 9.72. The fourth-order valence-corrected chi connectivity index (χ4v) is 5.66. The van der Waals surface area contributed by atoms with Crippen molar-refractivity contribution in [2.45, 2.75) is 37.3 Å². The van der Waals surface area contributed by atoms with Crippen LogP contribution in [0.4, 0.5) is 5.69 Å². The molecule has 1 aromatic rings. The third-order valence-electron chi connectivity index (χ3n) is 6.85. The summed E-state index contributed by atoms with van der Waals surface area (Å²) in [5.41, 5.74) is 2.75. The Morgan fingerprint density at radius 2 is 2.24 bits per heavy atom. The van der Waals surface area contributed by atoms with Gasteiger partial charge in [-0.15, -0.1) is 0 Å². The fraction of sp³-hybridized carbons (Fsp3) is 0.550. The van der Waals surface area contributed by atoms with E-state index in [1.807, 2.05) is 18.2 Å². The van der Waals surface area contributed by atoms with E-state index >= 15 is 0 Å². The van der Waals surface area contributed by atoms with Crippen LogP contribution in [-0.2, 0) is 19.8 Å². The van der Waals surface area contributed by atoms with Crippen LogP contribution in [0, 0.1) is 11.8 Å². The predicted molar refractivity (Wildman–Crippen MR) is 94.1 cm³/mol. The summed E-state index contributed by atoms with van der Waals surface area (Å²) in [7, 11) is 1.57. The van der Waals surface area contributed by atoms with E-state index in [0.717, 1.165) is 37.2 Å². The van der Waals surface area contributed by atoms with Crippen LogP contribution in [0.15, 0.2) is 35.9 Å². The number of carbonyl (C=O) groups is 1. The normalized spacial score (nSPS) is 40.6. The molecule has 1 saturated carbocycles. The van der Waals surface area contributed by atoms with Crippen molar-refractivity contribution >= 4 is 11.6 Å². The van der Waals surface area contributed by atoms with E-state index in [1.165, 1.54) is 10.6 Å². The first-order chi connectivity index (χ1) is 12.2. The number of hydrogen-bond donors (Lipinski definition) is 1. The molecule has 6 rings (SSSR count). The highest BCUT2D eigenvalue weighted by Gasteiger charge is 2.63. The van der Waals surface area contributed by atoms with Crippen LogP contribution in [0.5, 0.6) is 0 Å². The van der Waals surface area contributed by atoms with Crippen LogP contribution in [0.25, 0.3) is 0 Å². The Bertz CT molecular complexity index is 761. The van der Waals surface area contributed by atoms with Gasteiger partial charge < -0.3 is 10.1 Å². The molecule has 0 unspecified atom stereocenters. The number of allylic oxidation sites excluding steroid dienone is 1. The molecule has 5 nitrogen and oxygen atoms in total. The van der Waals surface area contributed by atoms with Gasteiger partial charge >= 0.3 is 0 Å². The number of rotatable bonds is 1. The minimum Gasteiger partial charge on any atom is -0.376 e. The maximum absolute atomic E-state index is 13.5. The number of benzene rings is 1. The summed E-state index contributed by atoms with van der Waals surface area (Å²) < 4.78 is 6.32. The molecule has 0 aromatic heterocycles.